The van der Waals surface area contributed by atoms with E-state index in [1.807, 2.05) is 0 Å². The molecule has 0 aromatic rings. The molecule has 0 aliphatic carbocycles. The second kappa shape index (κ2) is 5.41. The monoisotopic (exact) mass is 330 g/mol. The third-order valence-corrected chi connectivity index (χ3v) is 4.67. The fourth-order valence-corrected chi connectivity index (χ4v) is 2.91. The van der Waals surface area contributed by atoms with Gasteiger partial charge in [0.2, 0.25) is 6.10 Å². The molecule has 3 fully saturated rings. The van der Waals surface area contributed by atoms with E-state index in [0.29, 0.717) is 6.42 Å². The summed E-state index contributed by atoms with van der Waals surface area (Å²) in [6, 6.07) is 0. The van der Waals surface area contributed by atoms with Crippen LogP contribution in [0.4, 0.5) is 0 Å². The highest BCUT2D eigenvalue weighted by Gasteiger charge is 2.64. The Morgan fingerprint density at radius 1 is 1.30 bits per heavy atom. The number of hydrogen-bond acceptors (Lipinski definition) is 8. The van der Waals surface area contributed by atoms with Crippen molar-refractivity contribution in [1.29, 1.82) is 0 Å². The van der Waals surface area contributed by atoms with Crippen molar-refractivity contribution in [3.63, 3.8) is 0 Å². The minimum absolute atomic E-state index is 0.370. The molecule has 3 saturated heterocycles. The van der Waals surface area contributed by atoms with Crippen LogP contribution in [0.2, 0.25) is 0 Å². The van der Waals surface area contributed by atoms with Crippen LogP contribution in [0.15, 0.2) is 0 Å². The molecular formula is C15H22O8. The first-order chi connectivity index (χ1) is 10.7. The summed E-state index contributed by atoms with van der Waals surface area (Å²) in [7, 11) is 0. The van der Waals surface area contributed by atoms with Gasteiger partial charge in [0.05, 0.1) is 12.0 Å². The fraction of sp³-hybridized carbons (Fsp3) is 0.867. The van der Waals surface area contributed by atoms with Crippen LogP contribution in [-0.4, -0.2) is 60.1 Å². The lowest BCUT2D eigenvalue weighted by Gasteiger charge is -2.26. The predicted molar refractivity (Wildman–Crippen MR) is 73.9 cm³/mol. The maximum atomic E-state index is 12.3. The predicted octanol–water partition coefficient (Wildman–Crippen LogP) is 0.109. The van der Waals surface area contributed by atoms with Crippen molar-refractivity contribution >= 4 is 11.9 Å². The molecule has 23 heavy (non-hydrogen) atoms. The largest absolute Gasteiger partial charge is 0.454 e. The van der Waals surface area contributed by atoms with Gasteiger partial charge >= 0.3 is 11.9 Å². The van der Waals surface area contributed by atoms with Crippen molar-refractivity contribution < 1.29 is 38.4 Å². The molecule has 3 aliphatic rings. The van der Waals surface area contributed by atoms with Crippen molar-refractivity contribution in [1.82, 2.24) is 0 Å². The minimum atomic E-state index is -1.18. The fourth-order valence-electron chi connectivity index (χ4n) is 2.91. The lowest BCUT2D eigenvalue weighted by molar-refractivity contribution is -0.218. The highest BCUT2D eigenvalue weighted by atomic mass is 16.8. The number of aliphatic hydroxyl groups excluding tert-OH is 1. The van der Waals surface area contributed by atoms with Crippen LogP contribution < -0.4 is 0 Å². The molecule has 0 saturated carbocycles. The standard InChI is InChI=1S/C15H22O8/c1-5-15(4,6-16)13(18)21-9-7-8(19-11(9)17)10-12(20-7)23-14(2,3)22-10/h7-10,12,16H,5-6H2,1-4H3. The summed E-state index contributed by atoms with van der Waals surface area (Å²) in [4.78, 5) is 24.3. The van der Waals surface area contributed by atoms with Gasteiger partial charge in [0.25, 0.3) is 0 Å². The molecular weight excluding hydrogens is 308 g/mol. The van der Waals surface area contributed by atoms with Crippen molar-refractivity contribution in [2.45, 2.75) is 70.6 Å². The zero-order chi connectivity index (χ0) is 17.0. The molecule has 0 bridgehead atoms. The molecule has 0 aromatic heterocycles. The summed E-state index contributed by atoms with van der Waals surface area (Å²) >= 11 is 0. The SMILES string of the molecule is CCC(C)(CO)C(=O)OC1C(=O)OC2C3OC(C)(C)OC3OC12. The second-order valence-electron chi connectivity index (χ2n) is 6.87. The zero-order valence-corrected chi connectivity index (χ0v) is 13.6. The molecule has 0 radical (unpaired) electrons. The summed E-state index contributed by atoms with van der Waals surface area (Å²) in [6.45, 7) is 6.45. The lowest BCUT2D eigenvalue weighted by Crippen LogP contribution is -2.42. The number of fused-ring (bicyclic) bond motifs is 3. The second-order valence-corrected chi connectivity index (χ2v) is 6.87. The number of aliphatic hydroxyl groups is 1. The maximum Gasteiger partial charge on any atom is 0.350 e. The van der Waals surface area contributed by atoms with Gasteiger partial charge in [-0.1, -0.05) is 6.92 Å². The van der Waals surface area contributed by atoms with E-state index in [-0.39, 0.29) is 6.61 Å². The number of hydrogen-bond donors (Lipinski definition) is 1. The summed E-state index contributed by atoms with van der Waals surface area (Å²) < 4.78 is 27.5. The smallest absolute Gasteiger partial charge is 0.350 e. The van der Waals surface area contributed by atoms with Gasteiger partial charge < -0.3 is 28.8 Å². The molecule has 8 nitrogen and oxygen atoms in total. The Hall–Kier alpha value is -1.22. The Balaban J connectivity index is 1.72. The van der Waals surface area contributed by atoms with Gasteiger partial charge in [-0.2, -0.15) is 0 Å². The van der Waals surface area contributed by atoms with Crippen LogP contribution in [0.1, 0.15) is 34.1 Å². The maximum absolute atomic E-state index is 12.3. The molecule has 3 rings (SSSR count). The molecule has 8 heteroatoms. The molecule has 0 spiro atoms. The molecule has 3 heterocycles. The van der Waals surface area contributed by atoms with Crippen LogP contribution in [0.3, 0.4) is 0 Å². The lowest BCUT2D eigenvalue weighted by atomic mass is 9.89. The van der Waals surface area contributed by atoms with Gasteiger partial charge in [-0.3, -0.25) is 4.79 Å². The molecule has 1 N–H and O–H groups in total. The Kier molecular flexibility index (Phi) is 3.91. The van der Waals surface area contributed by atoms with Crippen molar-refractivity contribution in [2.24, 2.45) is 5.41 Å². The number of ether oxygens (including phenoxy) is 5. The van der Waals surface area contributed by atoms with E-state index in [4.69, 9.17) is 23.7 Å². The summed E-state index contributed by atoms with van der Waals surface area (Å²) in [5.41, 5.74) is -1.07. The quantitative estimate of drug-likeness (QED) is 0.725. The van der Waals surface area contributed by atoms with Crippen molar-refractivity contribution in [3.05, 3.63) is 0 Å². The van der Waals surface area contributed by atoms with E-state index >= 15 is 0 Å². The van der Waals surface area contributed by atoms with Crippen molar-refractivity contribution in [3.8, 4) is 0 Å². The topological polar surface area (TPSA) is 101 Å². The Morgan fingerprint density at radius 3 is 2.61 bits per heavy atom. The van der Waals surface area contributed by atoms with Gasteiger partial charge in [-0.05, 0) is 27.2 Å². The van der Waals surface area contributed by atoms with E-state index < -0.39 is 53.8 Å². The molecule has 0 amide bonds. The van der Waals surface area contributed by atoms with Crippen LogP contribution in [0, 0.1) is 5.41 Å². The van der Waals surface area contributed by atoms with Crippen LogP contribution in [0.25, 0.3) is 0 Å². The average molecular weight is 330 g/mol. The zero-order valence-electron chi connectivity index (χ0n) is 13.6. The Morgan fingerprint density at radius 2 is 2.00 bits per heavy atom. The highest BCUT2D eigenvalue weighted by Crippen LogP contribution is 2.43. The Bertz CT molecular complexity index is 512. The summed E-state index contributed by atoms with van der Waals surface area (Å²) in [5.74, 6) is -2.15. The van der Waals surface area contributed by atoms with E-state index in [2.05, 4.69) is 0 Å². The van der Waals surface area contributed by atoms with Gasteiger partial charge in [0.1, 0.15) is 6.10 Å². The Labute approximate surface area is 134 Å². The summed E-state index contributed by atoms with van der Waals surface area (Å²) in [5, 5.41) is 9.38. The molecule has 130 valence electrons. The first kappa shape index (κ1) is 16.6. The summed E-state index contributed by atoms with van der Waals surface area (Å²) in [6.07, 6.45) is -3.44. The van der Waals surface area contributed by atoms with Gasteiger partial charge in [-0.25, -0.2) is 4.79 Å². The van der Waals surface area contributed by atoms with Crippen LogP contribution >= 0.6 is 0 Å². The molecule has 6 unspecified atom stereocenters. The normalized spacial score (nSPS) is 40.2. The minimum Gasteiger partial charge on any atom is -0.454 e. The third-order valence-electron chi connectivity index (χ3n) is 4.67. The number of carbonyl (C=O) groups excluding carboxylic acids is 2. The van der Waals surface area contributed by atoms with Gasteiger partial charge in [0, 0.05) is 0 Å². The number of rotatable bonds is 4. The highest BCUT2D eigenvalue weighted by molar-refractivity contribution is 5.84. The van der Waals surface area contributed by atoms with Crippen LogP contribution in [-0.2, 0) is 33.3 Å². The number of carbonyl (C=O) groups is 2. The van der Waals surface area contributed by atoms with E-state index in [1.54, 1.807) is 27.7 Å². The van der Waals surface area contributed by atoms with E-state index in [9.17, 15) is 14.7 Å². The third kappa shape index (κ3) is 2.63. The number of esters is 2. The molecule has 0 aromatic carbocycles. The van der Waals surface area contributed by atoms with E-state index in [1.165, 1.54) is 0 Å². The first-order valence-electron chi connectivity index (χ1n) is 7.74. The molecule has 6 atom stereocenters. The van der Waals surface area contributed by atoms with Crippen LogP contribution in [0.5, 0.6) is 0 Å². The first-order valence-corrected chi connectivity index (χ1v) is 7.74. The molecule has 3 aliphatic heterocycles. The van der Waals surface area contributed by atoms with Crippen molar-refractivity contribution in [2.75, 3.05) is 6.61 Å². The van der Waals surface area contributed by atoms with Gasteiger partial charge in [-0.15, -0.1) is 0 Å². The average Bonchev–Trinajstić information content (AvgIpc) is 3.06. The van der Waals surface area contributed by atoms with Gasteiger partial charge in [0.15, 0.2) is 24.3 Å². The van der Waals surface area contributed by atoms with E-state index in [0.717, 1.165) is 0 Å².